The van der Waals surface area contributed by atoms with Crippen molar-refractivity contribution in [3.63, 3.8) is 0 Å². The fourth-order valence-electron chi connectivity index (χ4n) is 4.88. The van der Waals surface area contributed by atoms with Gasteiger partial charge in [-0.25, -0.2) is 4.99 Å². The molecule has 0 atom stereocenters. The number of hydrogen-bond donors (Lipinski definition) is 5. The molecule has 1 aliphatic rings. The molecule has 1 aliphatic heterocycles. The molecule has 0 unspecified atom stereocenters. The van der Waals surface area contributed by atoms with Crippen molar-refractivity contribution in [2.75, 3.05) is 23.0 Å². The van der Waals surface area contributed by atoms with Gasteiger partial charge in [0.25, 0.3) is 0 Å². The van der Waals surface area contributed by atoms with E-state index in [2.05, 4.69) is 78.0 Å². The molecule has 9 heteroatoms. The largest absolute Gasteiger partial charge is 0.403 e. The van der Waals surface area contributed by atoms with Crippen molar-refractivity contribution < 1.29 is 15.0 Å². The Morgan fingerprint density at radius 3 is 2.24 bits per heavy atom. The Morgan fingerprint density at radius 1 is 1.07 bits per heavy atom. The minimum atomic E-state index is -0.500. The molecule has 3 aromatic rings. The fraction of sp³-hybridized carbons (Fsp3) is 0.333. The molecule has 1 heterocycles. The van der Waals surface area contributed by atoms with Gasteiger partial charge < -0.3 is 36.1 Å². The number of hydrogen-bond acceptors (Lipinski definition) is 7. The van der Waals surface area contributed by atoms with Gasteiger partial charge in [-0.2, -0.15) is 0 Å². The summed E-state index contributed by atoms with van der Waals surface area (Å²) < 4.78 is 2.31. The standard InChI is InChI=1S/C28H31N5OS.C4H10O.CH4O/c1-17-5-7-20(8-6-17)25-19(3)26-24-10-9-22(32-28(30)31-13-12-29)15-21(24)16-33(35-4)27(26)18(2)23(25)11-14-34;1-4(2,3)5;1-2/h5-10,12-15H,11,16,29H2,1-4H3,(H3,30,31,32);5H,1-3H3;2H,1H3/b13-12-;;. The number of carbonyl (C=O) groups excluding carboxylic acids is 1. The fourth-order valence-corrected chi connectivity index (χ4v) is 5.56. The highest BCUT2D eigenvalue weighted by Crippen LogP contribution is 2.50. The maximum Gasteiger partial charge on any atom is 0.197 e. The minimum absolute atomic E-state index is 0.275. The number of anilines is 2. The van der Waals surface area contributed by atoms with Crippen LogP contribution >= 0.6 is 11.9 Å². The second-order valence-electron chi connectivity index (χ2n) is 10.8. The van der Waals surface area contributed by atoms with E-state index >= 15 is 0 Å². The number of guanidine groups is 1. The zero-order chi connectivity index (χ0) is 31.6. The monoisotopic (exact) mass is 591 g/mol. The number of aryl methyl sites for hydroxylation is 1. The Labute approximate surface area is 254 Å². The van der Waals surface area contributed by atoms with Crippen LogP contribution in [-0.2, 0) is 17.8 Å². The summed E-state index contributed by atoms with van der Waals surface area (Å²) in [6, 6.07) is 14.8. The van der Waals surface area contributed by atoms with Gasteiger partial charge in [0.05, 0.1) is 17.8 Å². The van der Waals surface area contributed by atoms with Crippen molar-refractivity contribution in [1.29, 1.82) is 0 Å². The summed E-state index contributed by atoms with van der Waals surface area (Å²) in [5.74, 6) is 0.275. The molecule has 0 aliphatic carbocycles. The van der Waals surface area contributed by atoms with E-state index in [1.807, 2.05) is 6.07 Å². The number of benzene rings is 3. The number of aliphatic hydroxyl groups is 2. The van der Waals surface area contributed by atoms with Crippen LogP contribution in [0.15, 0.2) is 59.9 Å². The molecule has 42 heavy (non-hydrogen) atoms. The van der Waals surface area contributed by atoms with Crippen molar-refractivity contribution in [2.24, 2.45) is 16.5 Å². The predicted octanol–water partition coefficient (Wildman–Crippen LogP) is 5.83. The number of rotatable bonds is 6. The van der Waals surface area contributed by atoms with Gasteiger partial charge in [0, 0.05) is 43.4 Å². The average molecular weight is 592 g/mol. The van der Waals surface area contributed by atoms with Crippen LogP contribution in [0.25, 0.3) is 22.3 Å². The molecule has 7 N–H and O–H groups in total. The molecule has 0 bridgehead atoms. The molecule has 0 radical (unpaired) electrons. The number of carbonyl (C=O) groups is 1. The molecule has 0 aromatic heterocycles. The highest BCUT2D eigenvalue weighted by atomic mass is 32.2. The normalized spacial score (nSPS) is 12.4. The molecule has 226 valence electrons. The van der Waals surface area contributed by atoms with E-state index in [4.69, 9.17) is 21.7 Å². The van der Waals surface area contributed by atoms with Crippen molar-refractivity contribution in [3.8, 4) is 22.3 Å². The van der Waals surface area contributed by atoms with Crippen molar-refractivity contribution in [3.05, 3.63) is 82.7 Å². The maximum atomic E-state index is 11.7. The Morgan fingerprint density at radius 2 is 1.69 bits per heavy atom. The molecular weight excluding hydrogens is 546 g/mol. The van der Waals surface area contributed by atoms with Crippen LogP contribution in [0, 0.1) is 20.8 Å². The first-order chi connectivity index (χ1) is 19.9. The first-order valence-corrected chi connectivity index (χ1v) is 14.8. The van der Waals surface area contributed by atoms with E-state index in [1.54, 1.807) is 32.7 Å². The highest BCUT2D eigenvalue weighted by Gasteiger charge is 2.29. The van der Waals surface area contributed by atoms with Crippen LogP contribution in [-0.4, -0.2) is 41.4 Å². The Kier molecular flexibility index (Phi) is 12.7. The first-order valence-electron chi connectivity index (χ1n) is 13.6. The number of fused-ring (bicyclic) bond motifs is 3. The molecule has 0 amide bonds. The third-order valence-electron chi connectivity index (χ3n) is 6.45. The lowest BCUT2D eigenvalue weighted by Crippen LogP contribution is -2.24. The van der Waals surface area contributed by atoms with Crippen molar-refractivity contribution in [1.82, 2.24) is 0 Å². The SMILES string of the molecule is CC(C)(C)O.CO.CSN1Cc2cc(NC(N)=N/C=C\N)ccc2-c2c(C)c(-c3ccc(C)cc3)c(CC=O)c(C)c21. The minimum Gasteiger partial charge on any atom is -0.403 e. The van der Waals surface area contributed by atoms with Crippen molar-refractivity contribution in [2.45, 2.75) is 60.1 Å². The summed E-state index contributed by atoms with van der Waals surface area (Å²) in [5, 5.41) is 18.7. The molecule has 3 aromatic carbocycles. The smallest absolute Gasteiger partial charge is 0.197 e. The maximum absolute atomic E-state index is 11.7. The van der Waals surface area contributed by atoms with Gasteiger partial charge >= 0.3 is 0 Å². The summed E-state index contributed by atoms with van der Waals surface area (Å²) in [6.07, 6.45) is 6.27. The number of aliphatic imine (C=N–C) groups is 1. The van der Waals surface area contributed by atoms with Gasteiger partial charge in [-0.1, -0.05) is 47.8 Å². The quantitative estimate of drug-likeness (QED) is 0.105. The zero-order valence-corrected chi connectivity index (χ0v) is 26.8. The van der Waals surface area contributed by atoms with Crippen LogP contribution in [0.5, 0.6) is 0 Å². The van der Waals surface area contributed by atoms with Crippen LogP contribution in [0.4, 0.5) is 11.4 Å². The van der Waals surface area contributed by atoms with E-state index in [-0.39, 0.29) is 5.96 Å². The predicted molar refractivity (Wildman–Crippen MR) is 180 cm³/mol. The van der Waals surface area contributed by atoms with E-state index in [0.717, 1.165) is 47.9 Å². The van der Waals surface area contributed by atoms with Crippen LogP contribution in [0.2, 0.25) is 0 Å². The molecule has 0 saturated carbocycles. The lowest BCUT2D eigenvalue weighted by atomic mass is 9.81. The molecule has 0 saturated heterocycles. The summed E-state index contributed by atoms with van der Waals surface area (Å²) >= 11 is 1.69. The summed E-state index contributed by atoms with van der Waals surface area (Å²) in [6.45, 7) is 12.4. The second kappa shape index (κ2) is 15.4. The summed E-state index contributed by atoms with van der Waals surface area (Å²) in [5.41, 5.74) is 23.4. The zero-order valence-electron chi connectivity index (χ0n) is 25.9. The van der Waals surface area contributed by atoms with Crippen LogP contribution < -0.4 is 21.1 Å². The lowest BCUT2D eigenvalue weighted by molar-refractivity contribution is -0.107. The van der Waals surface area contributed by atoms with E-state index in [0.29, 0.717) is 6.42 Å². The van der Waals surface area contributed by atoms with Crippen LogP contribution in [0.3, 0.4) is 0 Å². The molecular formula is C33H45N5O3S. The number of nitrogens with two attached hydrogens (primary N) is 2. The van der Waals surface area contributed by atoms with E-state index in [9.17, 15) is 4.79 Å². The average Bonchev–Trinajstić information content (AvgIpc) is 2.94. The van der Waals surface area contributed by atoms with Gasteiger partial charge in [-0.3, -0.25) is 0 Å². The summed E-state index contributed by atoms with van der Waals surface area (Å²) in [4.78, 5) is 15.8. The molecule has 4 rings (SSSR count). The van der Waals surface area contributed by atoms with Gasteiger partial charge in [0.2, 0.25) is 0 Å². The van der Waals surface area contributed by atoms with Gasteiger partial charge in [0.1, 0.15) is 6.29 Å². The van der Waals surface area contributed by atoms with Crippen molar-refractivity contribution >= 4 is 35.6 Å². The van der Waals surface area contributed by atoms with E-state index in [1.165, 1.54) is 45.9 Å². The first kappa shape index (κ1) is 34.4. The van der Waals surface area contributed by atoms with Crippen LogP contribution in [0.1, 0.15) is 48.6 Å². The lowest BCUT2D eigenvalue weighted by Gasteiger charge is -2.36. The summed E-state index contributed by atoms with van der Waals surface area (Å²) in [7, 11) is 1.00. The molecule has 0 spiro atoms. The third kappa shape index (κ3) is 8.61. The number of aldehydes is 1. The van der Waals surface area contributed by atoms with E-state index < -0.39 is 5.60 Å². The number of nitrogens with zero attached hydrogens (tertiary/aromatic N) is 2. The Bertz CT molecular complexity index is 1420. The number of nitrogens with one attached hydrogen (secondary N) is 1. The highest BCUT2D eigenvalue weighted by molar-refractivity contribution is 7.99. The van der Waals surface area contributed by atoms with Gasteiger partial charge in [-0.05, 0) is 92.6 Å². The third-order valence-corrected chi connectivity index (χ3v) is 7.21. The Hall–Kier alpha value is -3.79. The molecule has 0 fully saturated rings. The Balaban J connectivity index is 0.000000797. The molecule has 8 nitrogen and oxygen atoms in total. The topological polar surface area (TPSA) is 137 Å². The van der Waals surface area contributed by atoms with Gasteiger partial charge in [-0.15, -0.1) is 0 Å². The van der Waals surface area contributed by atoms with Gasteiger partial charge in [0.15, 0.2) is 5.96 Å². The number of aliphatic hydroxyl groups excluding tert-OH is 1. The second-order valence-corrected chi connectivity index (χ2v) is 11.6.